The van der Waals surface area contributed by atoms with Crippen LogP contribution in [0.15, 0.2) is 36.4 Å². The van der Waals surface area contributed by atoms with Crippen molar-refractivity contribution in [3.8, 4) is 0 Å². The van der Waals surface area contributed by atoms with Gasteiger partial charge in [0.05, 0.1) is 12.6 Å². The number of anilines is 1. The summed E-state index contributed by atoms with van der Waals surface area (Å²) in [6.45, 7) is 13.0. The van der Waals surface area contributed by atoms with Gasteiger partial charge in [0, 0.05) is 17.8 Å². The normalized spacial score (nSPS) is 11.2. The van der Waals surface area contributed by atoms with Gasteiger partial charge in [0.25, 0.3) is 5.91 Å². The number of likely N-dealkylation sites (N-methyl/N-ethyl adjacent to an activating group) is 1. The molecule has 9 heteroatoms. The zero-order valence-corrected chi connectivity index (χ0v) is 19.8. The molecule has 0 aliphatic heterocycles. The molecule has 0 aliphatic carbocycles. The second-order valence-electron chi connectivity index (χ2n) is 8.13. The van der Waals surface area contributed by atoms with Gasteiger partial charge in [-0.25, -0.2) is 4.79 Å². The first-order chi connectivity index (χ1) is 14.9. The minimum Gasteiger partial charge on any atom is -0.444 e. The monoisotopic (exact) mass is 448 g/mol. The molecule has 0 bridgehead atoms. The lowest BCUT2D eigenvalue weighted by atomic mass is 10.1. The summed E-state index contributed by atoms with van der Waals surface area (Å²) in [6, 6.07) is 7.04. The maximum Gasteiger partial charge on any atom is 0.408 e. The van der Waals surface area contributed by atoms with Crippen molar-refractivity contribution < 1.29 is 23.9 Å². The van der Waals surface area contributed by atoms with Crippen molar-refractivity contribution in [3.63, 3.8) is 0 Å². The Morgan fingerprint density at radius 1 is 1.16 bits per heavy atom. The molecule has 178 valence electrons. The summed E-state index contributed by atoms with van der Waals surface area (Å²) in [5.41, 5.74) is 1.79. The van der Waals surface area contributed by atoms with Crippen LogP contribution >= 0.6 is 0 Å². The van der Waals surface area contributed by atoms with Gasteiger partial charge in [-0.15, -0.1) is 0 Å². The van der Waals surface area contributed by atoms with Gasteiger partial charge in [0.1, 0.15) is 11.9 Å². The van der Waals surface area contributed by atoms with Crippen molar-refractivity contribution in [1.82, 2.24) is 16.0 Å². The van der Waals surface area contributed by atoms with Gasteiger partial charge in [-0.05, 0) is 65.8 Å². The highest BCUT2D eigenvalue weighted by atomic mass is 16.6. The highest BCUT2D eigenvalue weighted by molar-refractivity contribution is 6.02. The van der Waals surface area contributed by atoms with Crippen LogP contribution in [0.4, 0.5) is 10.5 Å². The number of aldehydes is 1. The molecule has 1 atom stereocenters. The number of carbonyl (C=O) groups is 4. The zero-order valence-electron chi connectivity index (χ0n) is 19.8. The van der Waals surface area contributed by atoms with Gasteiger partial charge in [-0.1, -0.05) is 18.7 Å². The van der Waals surface area contributed by atoms with E-state index in [0.29, 0.717) is 24.9 Å². The Hall–Kier alpha value is -3.20. The Balaban J connectivity index is 0.000000687. The molecule has 32 heavy (non-hydrogen) atoms. The van der Waals surface area contributed by atoms with E-state index < -0.39 is 17.7 Å². The largest absolute Gasteiger partial charge is 0.444 e. The predicted molar refractivity (Wildman–Crippen MR) is 125 cm³/mol. The number of rotatable bonds is 9. The minimum absolute atomic E-state index is 0.0159. The molecule has 0 heterocycles. The maximum atomic E-state index is 11.4. The van der Waals surface area contributed by atoms with Crippen molar-refractivity contribution in [2.45, 2.75) is 52.7 Å². The highest BCUT2D eigenvalue weighted by Crippen LogP contribution is 2.11. The lowest BCUT2D eigenvalue weighted by Crippen LogP contribution is -2.38. The summed E-state index contributed by atoms with van der Waals surface area (Å²) in [6.07, 6.45) is 0.829. The summed E-state index contributed by atoms with van der Waals surface area (Å²) >= 11 is 0. The van der Waals surface area contributed by atoms with E-state index in [4.69, 9.17) is 4.74 Å². The SMILES string of the molecule is C=C(C)C(=O)Nc1ccc(CCNC(=O)CNC)cc1.CC(C=O)NC(=O)OC(C)(C)C. The van der Waals surface area contributed by atoms with E-state index in [1.54, 1.807) is 41.7 Å². The van der Waals surface area contributed by atoms with Gasteiger partial charge in [0.2, 0.25) is 5.91 Å². The zero-order chi connectivity index (χ0) is 24.7. The first kappa shape index (κ1) is 28.8. The molecular formula is C23H36N4O5. The second kappa shape index (κ2) is 14.7. The number of hydrogen-bond acceptors (Lipinski definition) is 6. The fourth-order valence-electron chi connectivity index (χ4n) is 2.09. The van der Waals surface area contributed by atoms with Crippen LogP contribution in [0.3, 0.4) is 0 Å². The number of nitrogens with one attached hydrogen (secondary N) is 4. The first-order valence-electron chi connectivity index (χ1n) is 10.3. The van der Waals surface area contributed by atoms with Crippen molar-refractivity contribution >= 4 is 29.9 Å². The third kappa shape index (κ3) is 14.7. The number of benzene rings is 1. The maximum absolute atomic E-state index is 11.4. The summed E-state index contributed by atoms with van der Waals surface area (Å²) in [5, 5.41) is 10.7. The Labute approximate surface area is 190 Å². The van der Waals surface area contributed by atoms with Crippen LogP contribution in [0.25, 0.3) is 0 Å². The van der Waals surface area contributed by atoms with Gasteiger partial charge in [0.15, 0.2) is 0 Å². The van der Waals surface area contributed by atoms with E-state index >= 15 is 0 Å². The number of alkyl carbamates (subject to hydrolysis) is 1. The third-order valence-corrected chi connectivity index (χ3v) is 3.62. The summed E-state index contributed by atoms with van der Waals surface area (Å²) in [7, 11) is 1.73. The Kier molecular flexibility index (Phi) is 13.3. The number of carbonyl (C=O) groups excluding carboxylic acids is 4. The molecule has 0 saturated heterocycles. The first-order valence-corrected chi connectivity index (χ1v) is 10.3. The van der Waals surface area contributed by atoms with Gasteiger partial charge < -0.3 is 30.8 Å². The van der Waals surface area contributed by atoms with Crippen molar-refractivity contribution in [3.05, 3.63) is 42.0 Å². The van der Waals surface area contributed by atoms with E-state index in [-0.39, 0.29) is 11.8 Å². The molecule has 1 unspecified atom stereocenters. The molecule has 1 aromatic carbocycles. The molecule has 0 fully saturated rings. The standard InChI is InChI=1S/C15H21N3O2.C8H15NO3/c1-11(2)15(20)18-13-6-4-12(5-7-13)8-9-17-14(19)10-16-3;1-6(5-10)9-7(11)12-8(2,3)4/h4-7,16H,1,8-10H2,2-3H3,(H,17,19)(H,18,20);5-6H,1-4H3,(H,9,11). The van der Waals surface area contributed by atoms with E-state index in [9.17, 15) is 19.2 Å². The average molecular weight is 449 g/mol. The third-order valence-electron chi connectivity index (χ3n) is 3.62. The lowest BCUT2D eigenvalue weighted by molar-refractivity contribution is -0.120. The molecule has 0 aromatic heterocycles. The molecule has 1 rings (SSSR count). The van der Waals surface area contributed by atoms with Crippen LogP contribution in [-0.4, -0.2) is 56.0 Å². The number of ether oxygens (including phenoxy) is 1. The fourth-order valence-corrected chi connectivity index (χ4v) is 2.09. The highest BCUT2D eigenvalue weighted by Gasteiger charge is 2.17. The fraction of sp³-hybridized carbons (Fsp3) is 0.478. The van der Waals surface area contributed by atoms with E-state index in [0.717, 1.165) is 17.7 Å². The quantitative estimate of drug-likeness (QED) is 0.339. The van der Waals surface area contributed by atoms with Crippen LogP contribution in [0.1, 0.15) is 40.2 Å². The molecule has 1 aromatic rings. The molecule has 9 nitrogen and oxygen atoms in total. The molecule has 0 radical (unpaired) electrons. The Morgan fingerprint density at radius 2 is 1.75 bits per heavy atom. The Morgan fingerprint density at radius 3 is 2.22 bits per heavy atom. The lowest BCUT2D eigenvalue weighted by Gasteiger charge is -2.20. The van der Waals surface area contributed by atoms with E-state index in [1.165, 1.54) is 0 Å². The molecule has 0 aliphatic rings. The molecular weight excluding hydrogens is 412 g/mol. The van der Waals surface area contributed by atoms with E-state index in [1.807, 2.05) is 24.3 Å². The summed E-state index contributed by atoms with van der Waals surface area (Å²) in [4.78, 5) is 43.8. The van der Waals surface area contributed by atoms with Gasteiger partial charge in [-0.3, -0.25) is 9.59 Å². The van der Waals surface area contributed by atoms with Crippen molar-refractivity contribution in [1.29, 1.82) is 0 Å². The van der Waals surface area contributed by atoms with Crippen LogP contribution < -0.4 is 21.3 Å². The molecule has 0 saturated carbocycles. The van der Waals surface area contributed by atoms with Crippen molar-refractivity contribution in [2.75, 3.05) is 25.5 Å². The number of hydrogen-bond donors (Lipinski definition) is 4. The van der Waals surface area contributed by atoms with Gasteiger partial charge >= 0.3 is 6.09 Å². The molecule has 4 N–H and O–H groups in total. The summed E-state index contributed by atoms with van der Waals surface area (Å²) in [5.74, 6) is -0.199. The van der Waals surface area contributed by atoms with Crippen LogP contribution in [0.5, 0.6) is 0 Å². The average Bonchev–Trinajstić information content (AvgIpc) is 2.68. The van der Waals surface area contributed by atoms with Crippen molar-refractivity contribution in [2.24, 2.45) is 0 Å². The number of amides is 3. The van der Waals surface area contributed by atoms with E-state index in [2.05, 4.69) is 27.8 Å². The molecule has 0 spiro atoms. The van der Waals surface area contributed by atoms with Crippen LogP contribution in [0, 0.1) is 0 Å². The smallest absolute Gasteiger partial charge is 0.408 e. The minimum atomic E-state index is -0.568. The van der Waals surface area contributed by atoms with Crippen LogP contribution in [-0.2, 0) is 25.5 Å². The van der Waals surface area contributed by atoms with Gasteiger partial charge in [-0.2, -0.15) is 0 Å². The predicted octanol–water partition coefficient (Wildman–Crippen LogP) is 2.18. The summed E-state index contributed by atoms with van der Waals surface area (Å²) < 4.78 is 4.90. The van der Waals surface area contributed by atoms with Crippen LogP contribution in [0.2, 0.25) is 0 Å². The molecule has 3 amide bonds. The second-order valence-corrected chi connectivity index (χ2v) is 8.13. The Bertz CT molecular complexity index is 770. The topological polar surface area (TPSA) is 126 Å².